The van der Waals surface area contributed by atoms with E-state index in [1.807, 2.05) is 48.5 Å². The number of benzene rings is 4. The summed E-state index contributed by atoms with van der Waals surface area (Å²) in [6, 6.07) is 35.0. The van der Waals surface area contributed by atoms with Gasteiger partial charge in [-0.3, -0.25) is 4.79 Å². The zero-order chi connectivity index (χ0) is 28.6. The number of rotatable bonds is 12. The maximum Gasteiger partial charge on any atom is 0.220 e. The van der Waals surface area contributed by atoms with Crippen molar-refractivity contribution in [1.29, 1.82) is 0 Å². The normalized spacial score (nSPS) is 11.9. The minimum atomic E-state index is -0.166. The van der Waals surface area contributed by atoms with E-state index in [2.05, 4.69) is 84.5 Å². The summed E-state index contributed by atoms with van der Waals surface area (Å²) in [6.45, 7) is 6.06. The van der Waals surface area contributed by atoms with Crippen molar-refractivity contribution in [3.8, 4) is 11.5 Å². The smallest absolute Gasteiger partial charge is 0.220 e. The van der Waals surface area contributed by atoms with Crippen LogP contribution in [0.1, 0.15) is 48.4 Å². The number of nitrogens with zero attached hydrogens (tertiary/aromatic N) is 1. The van der Waals surface area contributed by atoms with Gasteiger partial charge in [-0.15, -0.1) is 0 Å². The second-order valence-corrected chi connectivity index (χ2v) is 10.9. The first-order valence-electron chi connectivity index (χ1n) is 14.2. The Morgan fingerprint density at radius 2 is 1.51 bits per heavy atom. The van der Waals surface area contributed by atoms with Crippen LogP contribution in [0, 0.1) is 5.92 Å². The number of fused-ring (bicyclic) bond motifs is 1. The Morgan fingerprint density at radius 1 is 0.829 bits per heavy atom. The Hall–Kier alpha value is -4.51. The highest BCUT2D eigenvalue weighted by Crippen LogP contribution is 2.39. The van der Waals surface area contributed by atoms with Crippen molar-refractivity contribution in [3.05, 3.63) is 132 Å². The van der Waals surface area contributed by atoms with Crippen LogP contribution in [-0.4, -0.2) is 24.1 Å². The van der Waals surface area contributed by atoms with Crippen molar-refractivity contribution in [3.63, 3.8) is 0 Å². The van der Waals surface area contributed by atoms with E-state index in [-0.39, 0.29) is 11.8 Å². The van der Waals surface area contributed by atoms with Crippen LogP contribution >= 0.6 is 0 Å². The summed E-state index contributed by atoms with van der Waals surface area (Å²) in [4.78, 5) is 13.2. The zero-order valence-corrected chi connectivity index (χ0v) is 24.0. The molecule has 0 saturated carbocycles. The molecule has 41 heavy (non-hydrogen) atoms. The molecule has 0 radical (unpaired) electrons. The fourth-order valence-electron chi connectivity index (χ4n) is 5.20. The van der Waals surface area contributed by atoms with Gasteiger partial charge in [0.2, 0.25) is 5.91 Å². The van der Waals surface area contributed by atoms with Gasteiger partial charge in [0.25, 0.3) is 0 Å². The predicted octanol–water partition coefficient (Wildman–Crippen LogP) is 7.57. The third kappa shape index (κ3) is 6.98. The Balaban J connectivity index is 1.52. The van der Waals surface area contributed by atoms with Gasteiger partial charge in [0, 0.05) is 42.5 Å². The molecule has 1 N–H and O–H groups in total. The molecule has 5 aromatic rings. The van der Waals surface area contributed by atoms with Crippen molar-refractivity contribution in [2.45, 2.75) is 39.3 Å². The minimum Gasteiger partial charge on any atom is -0.493 e. The summed E-state index contributed by atoms with van der Waals surface area (Å²) >= 11 is 0. The van der Waals surface area contributed by atoms with Crippen LogP contribution in [0.25, 0.3) is 10.9 Å². The Bertz CT molecular complexity index is 1580. The molecule has 0 bridgehead atoms. The largest absolute Gasteiger partial charge is 0.493 e. The molecule has 0 aliphatic carbocycles. The first kappa shape index (κ1) is 28.0. The van der Waals surface area contributed by atoms with E-state index in [0.717, 1.165) is 34.1 Å². The average Bonchev–Trinajstić information content (AvgIpc) is 3.36. The van der Waals surface area contributed by atoms with E-state index in [4.69, 9.17) is 9.47 Å². The third-order valence-electron chi connectivity index (χ3n) is 7.31. The summed E-state index contributed by atoms with van der Waals surface area (Å²) in [5.41, 5.74) is 5.60. The molecule has 1 amide bonds. The molecule has 0 spiro atoms. The maximum atomic E-state index is 13.2. The molecule has 0 saturated heterocycles. The summed E-state index contributed by atoms with van der Waals surface area (Å²) in [5.74, 6) is 1.58. The lowest BCUT2D eigenvalue weighted by molar-refractivity contribution is -0.121. The molecule has 210 valence electrons. The topological polar surface area (TPSA) is 52.5 Å². The monoisotopic (exact) mass is 546 g/mol. The Morgan fingerprint density at radius 3 is 2.22 bits per heavy atom. The van der Waals surface area contributed by atoms with E-state index < -0.39 is 0 Å². The predicted molar refractivity (Wildman–Crippen MR) is 166 cm³/mol. The van der Waals surface area contributed by atoms with Gasteiger partial charge in [-0.2, -0.15) is 0 Å². The number of amides is 1. The molecule has 0 fully saturated rings. The molecular formula is C36H38N2O3. The first-order chi connectivity index (χ1) is 20.0. The molecule has 0 aliphatic rings. The van der Waals surface area contributed by atoms with Crippen molar-refractivity contribution >= 4 is 16.8 Å². The number of ether oxygens (including phenoxy) is 2. The van der Waals surface area contributed by atoms with Gasteiger partial charge in [0.05, 0.1) is 7.11 Å². The number of hydrogen-bond donors (Lipinski definition) is 1. The first-order valence-corrected chi connectivity index (χ1v) is 14.2. The van der Waals surface area contributed by atoms with Gasteiger partial charge in [0.1, 0.15) is 6.61 Å². The van der Waals surface area contributed by atoms with Crippen molar-refractivity contribution in [2.24, 2.45) is 5.92 Å². The lowest BCUT2D eigenvalue weighted by Crippen LogP contribution is -2.28. The zero-order valence-electron chi connectivity index (χ0n) is 24.0. The number of carbonyl (C=O) groups excluding carboxylic acids is 1. The van der Waals surface area contributed by atoms with Crippen molar-refractivity contribution in [1.82, 2.24) is 9.88 Å². The SMILES string of the molecule is COc1cc([C@H](CC(=O)NCC(C)C)c2cn(Cc3ccccc3)c3ccccc23)ccc1OCc1ccccc1. The summed E-state index contributed by atoms with van der Waals surface area (Å²) < 4.78 is 14.2. The van der Waals surface area contributed by atoms with Crippen LogP contribution in [0.2, 0.25) is 0 Å². The van der Waals surface area contributed by atoms with E-state index in [9.17, 15) is 4.79 Å². The number of methoxy groups -OCH3 is 1. The average molecular weight is 547 g/mol. The molecule has 5 heteroatoms. The number of hydrogen-bond acceptors (Lipinski definition) is 3. The van der Waals surface area contributed by atoms with Crippen LogP contribution < -0.4 is 14.8 Å². The fourth-order valence-corrected chi connectivity index (χ4v) is 5.20. The van der Waals surface area contributed by atoms with Crippen LogP contribution in [0.4, 0.5) is 0 Å². The van der Waals surface area contributed by atoms with Crippen molar-refractivity contribution < 1.29 is 14.3 Å². The van der Waals surface area contributed by atoms with Gasteiger partial charge in [-0.1, -0.05) is 98.8 Å². The fraction of sp³-hybridized carbons (Fsp3) is 0.250. The molecule has 1 heterocycles. The van der Waals surface area contributed by atoms with Gasteiger partial charge in [-0.05, 0) is 46.4 Å². The minimum absolute atomic E-state index is 0.0342. The van der Waals surface area contributed by atoms with Crippen LogP contribution in [-0.2, 0) is 17.9 Å². The highest BCUT2D eigenvalue weighted by Gasteiger charge is 2.24. The Labute approximate surface area is 242 Å². The summed E-state index contributed by atoms with van der Waals surface area (Å²) in [5, 5.41) is 4.27. The standard InChI is InChI=1S/C36H38N2O3/c1-26(2)22-37-36(39)21-31(29-18-19-34(35(20-29)40-3)41-25-28-14-8-5-9-15-28)32-24-38(23-27-12-6-4-7-13-27)33-17-11-10-16-30(32)33/h4-20,24,26,31H,21-23,25H2,1-3H3,(H,37,39)/t31-/m0/s1. The maximum absolute atomic E-state index is 13.2. The van der Waals surface area contributed by atoms with Crippen molar-refractivity contribution in [2.75, 3.05) is 13.7 Å². The molecule has 0 unspecified atom stereocenters. The van der Waals surface area contributed by atoms with E-state index in [1.54, 1.807) is 7.11 Å². The molecule has 1 aromatic heterocycles. The van der Waals surface area contributed by atoms with Gasteiger partial charge in [-0.25, -0.2) is 0 Å². The second kappa shape index (κ2) is 13.2. The lowest BCUT2D eigenvalue weighted by atomic mass is 9.87. The van der Waals surface area contributed by atoms with E-state index in [1.165, 1.54) is 5.56 Å². The second-order valence-electron chi connectivity index (χ2n) is 10.9. The highest BCUT2D eigenvalue weighted by atomic mass is 16.5. The molecule has 5 nitrogen and oxygen atoms in total. The quantitative estimate of drug-likeness (QED) is 0.176. The van der Waals surface area contributed by atoms with E-state index in [0.29, 0.717) is 37.0 Å². The number of para-hydroxylation sites is 1. The van der Waals surface area contributed by atoms with Gasteiger partial charge >= 0.3 is 0 Å². The summed E-state index contributed by atoms with van der Waals surface area (Å²) in [6.07, 6.45) is 2.55. The highest BCUT2D eigenvalue weighted by molar-refractivity contribution is 5.87. The molecule has 5 rings (SSSR count). The van der Waals surface area contributed by atoms with Crippen LogP contribution in [0.15, 0.2) is 109 Å². The summed E-state index contributed by atoms with van der Waals surface area (Å²) in [7, 11) is 1.66. The van der Waals surface area contributed by atoms with Crippen LogP contribution in [0.5, 0.6) is 11.5 Å². The molecule has 1 atom stereocenters. The number of carbonyl (C=O) groups is 1. The third-order valence-corrected chi connectivity index (χ3v) is 7.31. The number of aromatic nitrogens is 1. The lowest BCUT2D eigenvalue weighted by Gasteiger charge is -2.20. The molecular weight excluding hydrogens is 508 g/mol. The van der Waals surface area contributed by atoms with Crippen LogP contribution in [0.3, 0.4) is 0 Å². The van der Waals surface area contributed by atoms with Gasteiger partial charge < -0.3 is 19.4 Å². The van der Waals surface area contributed by atoms with E-state index >= 15 is 0 Å². The Kier molecular flexibility index (Phi) is 9.05. The van der Waals surface area contributed by atoms with Gasteiger partial charge in [0.15, 0.2) is 11.5 Å². The number of nitrogens with one attached hydrogen (secondary N) is 1. The molecule has 4 aromatic carbocycles. The molecule has 0 aliphatic heterocycles.